The number of anilines is 3. The maximum atomic E-state index is 7.02. The molecule has 256 valence electrons. The number of hydrogen-bond donors (Lipinski definition) is 0. The van der Waals surface area contributed by atoms with Crippen LogP contribution < -0.4 is 4.90 Å². The minimum absolute atomic E-state index is 0.154. The Bertz CT molecular complexity index is 3080. The Hall–Kier alpha value is -6.84. The van der Waals surface area contributed by atoms with Crippen LogP contribution in [0.3, 0.4) is 0 Å². The average molecular weight is 694 g/mol. The molecule has 2 heterocycles. The van der Waals surface area contributed by atoms with E-state index in [0.717, 1.165) is 83.2 Å². The summed E-state index contributed by atoms with van der Waals surface area (Å²) >= 11 is 0. The second-order valence-corrected chi connectivity index (χ2v) is 14.8. The van der Waals surface area contributed by atoms with Gasteiger partial charge in [-0.1, -0.05) is 147 Å². The first-order valence-corrected chi connectivity index (χ1v) is 18.6. The zero-order valence-electron chi connectivity index (χ0n) is 30.0. The van der Waals surface area contributed by atoms with Gasteiger partial charge in [-0.15, -0.1) is 0 Å². The van der Waals surface area contributed by atoms with E-state index >= 15 is 0 Å². The summed E-state index contributed by atoms with van der Waals surface area (Å²) in [5, 5.41) is 4.20. The van der Waals surface area contributed by atoms with Crippen molar-refractivity contribution < 1.29 is 8.83 Å². The highest BCUT2D eigenvalue weighted by Crippen LogP contribution is 2.53. The van der Waals surface area contributed by atoms with E-state index in [9.17, 15) is 0 Å². The molecule has 54 heavy (non-hydrogen) atoms. The van der Waals surface area contributed by atoms with Crippen molar-refractivity contribution in [1.29, 1.82) is 0 Å². The molecule has 3 nitrogen and oxygen atoms in total. The van der Waals surface area contributed by atoms with Crippen LogP contribution in [0.15, 0.2) is 185 Å². The quantitative estimate of drug-likeness (QED) is 0.180. The van der Waals surface area contributed by atoms with Gasteiger partial charge in [0.1, 0.15) is 22.3 Å². The summed E-state index contributed by atoms with van der Waals surface area (Å²) in [7, 11) is 0. The molecular weight excluding hydrogens is 659 g/mol. The summed E-state index contributed by atoms with van der Waals surface area (Å²) in [4.78, 5) is 2.43. The Morgan fingerprint density at radius 2 is 1.07 bits per heavy atom. The minimum Gasteiger partial charge on any atom is -0.456 e. The van der Waals surface area contributed by atoms with E-state index < -0.39 is 0 Å². The highest BCUT2D eigenvalue weighted by atomic mass is 16.3. The molecule has 2 aromatic heterocycles. The maximum Gasteiger partial charge on any atom is 0.144 e. The normalized spacial score (nSPS) is 13.1. The van der Waals surface area contributed by atoms with Crippen molar-refractivity contribution >= 4 is 60.9 Å². The Kier molecular flexibility index (Phi) is 6.60. The van der Waals surface area contributed by atoms with Crippen molar-refractivity contribution in [2.45, 2.75) is 19.3 Å². The molecule has 11 rings (SSSR count). The van der Waals surface area contributed by atoms with Crippen LogP contribution in [0.4, 0.5) is 17.1 Å². The number of nitrogens with zero attached hydrogens (tertiary/aromatic N) is 1. The van der Waals surface area contributed by atoms with Gasteiger partial charge in [-0.05, 0) is 75.8 Å². The van der Waals surface area contributed by atoms with Crippen molar-refractivity contribution in [3.63, 3.8) is 0 Å². The standard InChI is InChI=1S/C51H35NO2/c1-51(2)40-23-12-9-21-36(40)37-29-28-34(30-41(37)51)52(42-24-13-10-20-35(42)32-16-5-3-6-17-32)43-25-15-27-45-48(43)39-31-46-49(38-22-11-14-26-44(38)53-46)47(50(39)54-45)33-18-7-4-8-19-33/h3-31H,1-2H3. The van der Waals surface area contributed by atoms with Gasteiger partial charge < -0.3 is 13.7 Å². The highest BCUT2D eigenvalue weighted by Gasteiger charge is 2.36. The zero-order chi connectivity index (χ0) is 36.0. The molecule has 0 saturated heterocycles. The number of benzene rings is 8. The highest BCUT2D eigenvalue weighted by molar-refractivity contribution is 6.25. The number of hydrogen-bond acceptors (Lipinski definition) is 3. The smallest absolute Gasteiger partial charge is 0.144 e. The first-order valence-electron chi connectivity index (χ1n) is 18.6. The Labute approximate surface area is 313 Å². The van der Waals surface area contributed by atoms with Crippen LogP contribution >= 0.6 is 0 Å². The van der Waals surface area contributed by atoms with E-state index in [1.54, 1.807) is 0 Å². The van der Waals surface area contributed by atoms with Crippen LogP contribution in [-0.4, -0.2) is 0 Å². The monoisotopic (exact) mass is 693 g/mol. The van der Waals surface area contributed by atoms with E-state index in [1.807, 2.05) is 12.1 Å². The summed E-state index contributed by atoms with van der Waals surface area (Å²) in [6.07, 6.45) is 0. The molecule has 8 aromatic carbocycles. The second-order valence-electron chi connectivity index (χ2n) is 14.8. The topological polar surface area (TPSA) is 29.5 Å². The van der Waals surface area contributed by atoms with Gasteiger partial charge >= 0.3 is 0 Å². The van der Waals surface area contributed by atoms with Crippen molar-refractivity contribution in [2.75, 3.05) is 4.90 Å². The molecule has 0 aliphatic heterocycles. The molecule has 0 N–H and O–H groups in total. The molecule has 1 aliphatic carbocycles. The van der Waals surface area contributed by atoms with E-state index in [2.05, 4.69) is 183 Å². The van der Waals surface area contributed by atoms with E-state index in [-0.39, 0.29) is 5.41 Å². The molecule has 0 fully saturated rings. The molecule has 10 aromatic rings. The fraction of sp³-hybridized carbons (Fsp3) is 0.0588. The Morgan fingerprint density at radius 3 is 1.91 bits per heavy atom. The van der Waals surface area contributed by atoms with E-state index in [0.29, 0.717) is 0 Å². The maximum absolute atomic E-state index is 7.02. The molecular formula is C51H35NO2. The molecule has 3 heteroatoms. The third-order valence-corrected chi connectivity index (χ3v) is 11.5. The van der Waals surface area contributed by atoms with Gasteiger partial charge in [0.05, 0.1) is 16.8 Å². The first kappa shape index (κ1) is 30.8. The lowest BCUT2D eigenvalue weighted by molar-refractivity contribution is 0.660. The average Bonchev–Trinajstić information content (AvgIpc) is 3.86. The van der Waals surface area contributed by atoms with E-state index in [1.165, 1.54) is 22.3 Å². The van der Waals surface area contributed by atoms with Gasteiger partial charge in [0.25, 0.3) is 0 Å². The van der Waals surface area contributed by atoms with Gasteiger partial charge in [-0.2, -0.15) is 0 Å². The van der Waals surface area contributed by atoms with Crippen LogP contribution in [0.5, 0.6) is 0 Å². The lowest BCUT2D eigenvalue weighted by atomic mass is 9.82. The van der Waals surface area contributed by atoms with Crippen LogP contribution in [0.25, 0.3) is 77.3 Å². The van der Waals surface area contributed by atoms with E-state index in [4.69, 9.17) is 8.83 Å². The van der Waals surface area contributed by atoms with Gasteiger partial charge in [-0.25, -0.2) is 0 Å². The molecule has 0 unspecified atom stereocenters. The van der Waals surface area contributed by atoms with Crippen LogP contribution in [0.1, 0.15) is 25.0 Å². The van der Waals surface area contributed by atoms with Crippen LogP contribution in [-0.2, 0) is 5.41 Å². The molecule has 1 aliphatic rings. The third kappa shape index (κ3) is 4.42. The zero-order valence-corrected chi connectivity index (χ0v) is 30.0. The lowest BCUT2D eigenvalue weighted by Crippen LogP contribution is -2.17. The van der Waals surface area contributed by atoms with Crippen LogP contribution in [0.2, 0.25) is 0 Å². The molecule has 0 saturated carbocycles. The number of fused-ring (bicyclic) bond motifs is 9. The SMILES string of the molecule is CC1(C)c2ccccc2-c2ccc(N(c3ccccc3-c3ccccc3)c3cccc4oc5c(-c6ccccc6)c6c(cc5c34)oc3ccccc36)cc21. The van der Waals surface area contributed by atoms with Gasteiger partial charge in [0.15, 0.2) is 0 Å². The molecule has 0 atom stereocenters. The molecule has 0 bridgehead atoms. The van der Waals surface area contributed by atoms with Gasteiger partial charge in [-0.3, -0.25) is 0 Å². The summed E-state index contributed by atoms with van der Waals surface area (Å²) in [6, 6.07) is 62.8. The Balaban J connectivity index is 1.24. The van der Waals surface area contributed by atoms with Crippen molar-refractivity contribution in [3.05, 3.63) is 187 Å². The summed E-state index contributed by atoms with van der Waals surface area (Å²) in [5.41, 5.74) is 16.2. The number of para-hydroxylation sites is 2. The fourth-order valence-electron chi connectivity index (χ4n) is 8.98. The van der Waals surface area contributed by atoms with Crippen LogP contribution in [0, 0.1) is 0 Å². The summed E-state index contributed by atoms with van der Waals surface area (Å²) < 4.78 is 13.7. The fourth-order valence-corrected chi connectivity index (χ4v) is 8.98. The van der Waals surface area contributed by atoms with Gasteiger partial charge in [0.2, 0.25) is 0 Å². The number of furan rings is 2. The molecule has 0 spiro atoms. The van der Waals surface area contributed by atoms with Crippen molar-refractivity contribution in [2.24, 2.45) is 0 Å². The summed E-state index contributed by atoms with van der Waals surface area (Å²) in [5.74, 6) is 0. The molecule has 0 amide bonds. The Morgan fingerprint density at radius 1 is 0.426 bits per heavy atom. The third-order valence-electron chi connectivity index (χ3n) is 11.5. The number of rotatable bonds is 5. The molecule has 0 radical (unpaired) electrons. The van der Waals surface area contributed by atoms with Crippen molar-refractivity contribution in [1.82, 2.24) is 0 Å². The summed E-state index contributed by atoms with van der Waals surface area (Å²) in [6.45, 7) is 4.69. The first-order chi connectivity index (χ1) is 26.6. The van der Waals surface area contributed by atoms with Crippen molar-refractivity contribution in [3.8, 4) is 33.4 Å². The predicted molar refractivity (Wildman–Crippen MR) is 224 cm³/mol. The van der Waals surface area contributed by atoms with Gasteiger partial charge in [0, 0.05) is 38.4 Å². The minimum atomic E-state index is -0.154. The predicted octanol–water partition coefficient (Wildman–Crippen LogP) is 14.6. The lowest BCUT2D eigenvalue weighted by Gasteiger charge is -2.30. The second kappa shape index (κ2) is 11.6. The largest absolute Gasteiger partial charge is 0.456 e.